The SMILES string of the molecule is CC(C)c1cc(C(C)C)c(B2c3ccccc3Oc3cc4c(cc32)B2c3ccccc3Sc3cccc(c32)O4)c(C(C)C)c1. The molecule has 0 saturated carbocycles. The molecule has 0 spiro atoms. The van der Waals surface area contributed by atoms with E-state index >= 15 is 0 Å². The predicted octanol–water partition coefficient (Wildman–Crippen LogP) is 6.77. The van der Waals surface area contributed by atoms with Crippen LogP contribution in [0.15, 0.2) is 101 Å². The zero-order valence-corrected chi connectivity index (χ0v) is 27.1. The van der Waals surface area contributed by atoms with Gasteiger partial charge in [0.25, 0.3) is 13.4 Å². The van der Waals surface area contributed by atoms with Crippen LogP contribution in [0.4, 0.5) is 0 Å². The van der Waals surface area contributed by atoms with Crippen LogP contribution in [0.25, 0.3) is 0 Å². The van der Waals surface area contributed by atoms with Gasteiger partial charge in [-0.1, -0.05) is 125 Å². The molecule has 5 aromatic carbocycles. The van der Waals surface area contributed by atoms with Crippen LogP contribution in [0.3, 0.4) is 0 Å². The molecule has 44 heavy (non-hydrogen) atoms. The Morgan fingerprint density at radius 1 is 0.477 bits per heavy atom. The predicted molar refractivity (Wildman–Crippen MR) is 188 cm³/mol. The van der Waals surface area contributed by atoms with Crippen LogP contribution in [0.2, 0.25) is 0 Å². The lowest BCUT2D eigenvalue weighted by Crippen LogP contribution is -2.61. The van der Waals surface area contributed by atoms with E-state index in [-0.39, 0.29) is 13.4 Å². The van der Waals surface area contributed by atoms with Gasteiger partial charge < -0.3 is 9.47 Å². The van der Waals surface area contributed by atoms with Crippen molar-refractivity contribution >= 4 is 58.0 Å². The summed E-state index contributed by atoms with van der Waals surface area (Å²) in [6.07, 6.45) is 0. The first-order valence-corrected chi connectivity index (χ1v) is 16.8. The molecule has 8 rings (SSSR count). The van der Waals surface area contributed by atoms with E-state index in [2.05, 4.69) is 133 Å². The third-order valence-electron chi connectivity index (χ3n) is 9.66. The Kier molecular flexibility index (Phi) is 6.54. The maximum Gasteiger partial charge on any atom is 0.253 e. The molecule has 0 aromatic heterocycles. The molecule has 3 heterocycles. The summed E-state index contributed by atoms with van der Waals surface area (Å²) < 4.78 is 13.4. The monoisotopic (exact) mass is 590 g/mol. The van der Waals surface area contributed by atoms with E-state index in [9.17, 15) is 0 Å². The topological polar surface area (TPSA) is 18.5 Å². The third kappa shape index (κ3) is 4.19. The Bertz CT molecular complexity index is 1930. The summed E-state index contributed by atoms with van der Waals surface area (Å²) in [6.45, 7) is 14.2. The molecule has 0 amide bonds. The van der Waals surface area contributed by atoms with Crippen LogP contribution < -0.4 is 42.3 Å². The summed E-state index contributed by atoms with van der Waals surface area (Å²) in [5, 5.41) is 0. The molecule has 3 aliphatic rings. The van der Waals surface area contributed by atoms with E-state index in [1.165, 1.54) is 59.3 Å². The van der Waals surface area contributed by atoms with Crippen LogP contribution >= 0.6 is 11.8 Å². The molecular weight excluding hydrogens is 554 g/mol. The fourth-order valence-corrected chi connectivity index (χ4v) is 8.65. The van der Waals surface area contributed by atoms with Gasteiger partial charge in [-0.2, -0.15) is 0 Å². The van der Waals surface area contributed by atoms with Crippen molar-refractivity contribution < 1.29 is 9.47 Å². The Balaban J connectivity index is 1.42. The summed E-state index contributed by atoms with van der Waals surface area (Å²) in [4.78, 5) is 2.60. The van der Waals surface area contributed by atoms with Crippen LogP contribution in [0, 0.1) is 0 Å². The molecule has 0 aliphatic carbocycles. The summed E-state index contributed by atoms with van der Waals surface area (Å²) in [5.41, 5.74) is 12.0. The third-order valence-corrected chi connectivity index (χ3v) is 10.8. The number of fused-ring (bicyclic) bond motifs is 6. The Hall–Kier alpha value is -3.82. The van der Waals surface area contributed by atoms with E-state index in [1.54, 1.807) is 0 Å². The van der Waals surface area contributed by atoms with E-state index in [1.807, 2.05) is 11.8 Å². The minimum Gasteiger partial charge on any atom is -0.458 e. The minimum absolute atomic E-state index is 0.0566. The van der Waals surface area contributed by atoms with E-state index < -0.39 is 0 Å². The smallest absolute Gasteiger partial charge is 0.253 e. The van der Waals surface area contributed by atoms with Crippen molar-refractivity contribution in [2.24, 2.45) is 0 Å². The Labute approximate surface area is 266 Å². The highest BCUT2D eigenvalue weighted by molar-refractivity contribution is 8.00. The zero-order valence-electron chi connectivity index (χ0n) is 26.3. The molecule has 0 N–H and O–H groups in total. The lowest BCUT2D eigenvalue weighted by molar-refractivity contribution is 0.465. The number of hydrogen-bond acceptors (Lipinski definition) is 3. The van der Waals surface area contributed by atoms with Crippen molar-refractivity contribution in [3.8, 4) is 23.0 Å². The van der Waals surface area contributed by atoms with Crippen molar-refractivity contribution in [1.29, 1.82) is 0 Å². The van der Waals surface area contributed by atoms with E-state index in [4.69, 9.17) is 9.47 Å². The van der Waals surface area contributed by atoms with Gasteiger partial charge in [0, 0.05) is 15.9 Å². The maximum atomic E-state index is 6.74. The quantitative estimate of drug-likeness (QED) is 0.211. The number of benzene rings is 5. The van der Waals surface area contributed by atoms with Gasteiger partial charge in [0.05, 0.1) is 0 Å². The van der Waals surface area contributed by atoms with Crippen LogP contribution in [-0.2, 0) is 0 Å². The molecule has 0 unspecified atom stereocenters. The summed E-state index contributed by atoms with van der Waals surface area (Å²) in [7, 11) is 0. The van der Waals surface area contributed by atoms with Gasteiger partial charge in [0.15, 0.2) is 0 Å². The molecule has 0 saturated heterocycles. The van der Waals surface area contributed by atoms with Gasteiger partial charge in [0.2, 0.25) is 0 Å². The molecule has 0 bridgehead atoms. The molecule has 0 fully saturated rings. The molecule has 3 aliphatic heterocycles. The van der Waals surface area contributed by atoms with Crippen molar-refractivity contribution in [3.63, 3.8) is 0 Å². The highest BCUT2D eigenvalue weighted by atomic mass is 32.2. The van der Waals surface area contributed by atoms with Gasteiger partial charge in [-0.25, -0.2) is 0 Å². The molecule has 0 radical (unpaired) electrons. The number of rotatable bonds is 4. The standard InChI is InChI=1S/C39H36B2O2S/c1-22(2)25-18-26(23(3)4)38(27(19-25)24(5)6)40-28-12-7-9-14-32(28)42-34-21-35-31(20-30(34)40)41-29-13-8-10-16-36(29)44-37-17-11-15-33(43-35)39(37)41/h7-24H,1-6H3. The Morgan fingerprint density at radius 2 is 1.05 bits per heavy atom. The number of ether oxygens (including phenoxy) is 2. The zero-order chi connectivity index (χ0) is 30.3. The summed E-state index contributed by atoms with van der Waals surface area (Å²) in [6, 6.07) is 33.5. The fourth-order valence-electron chi connectivity index (χ4n) is 7.49. The average molecular weight is 590 g/mol. The van der Waals surface area contributed by atoms with Gasteiger partial charge in [-0.15, -0.1) is 0 Å². The fraction of sp³-hybridized carbons (Fsp3) is 0.231. The van der Waals surface area contributed by atoms with Crippen molar-refractivity contribution in [2.75, 3.05) is 0 Å². The molecule has 2 nitrogen and oxygen atoms in total. The first-order chi connectivity index (χ1) is 21.3. The molecule has 0 atom stereocenters. The van der Waals surface area contributed by atoms with Crippen molar-refractivity contribution in [1.82, 2.24) is 0 Å². The second-order valence-corrected chi connectivity index (χ2v) is 14.5. The summed E-state index contributed by atoms with van der Waals surface area (Å²) in [5.74, 6) is 4.90. The maximum absolute atomic E-state index is 6.74. The summed E-state index contributed by atoms with van der Waals surface area (Å²) >= 11 is 1.85. The average Bonchev–Trinajstić information content (AvgIpc) is 3.02. The molecule has 5 aromatic rings. The second kappa shape index (κ2) is 10.4. The normalized spacial score (nSPS) is 14.0. The number of para-hydroxylation sites is 1. The molecular formula is C39H36B2O2S. The van der Waals surface area contributed by atoms with Crippen molar-refractivity contribution in [2.45, 2.75) is 69.1 Å². The lowest BCUT2D eigenvalue weighted by atomic mass is 9.31. The Morgan fingerprint density at radius 3 is 1.73 bits per heavy atom. The van der Waals surface area contributed by atoms with Crippen molar-refractivity contribution in [3.05, 3.63) is 108 Å². The van der Waals surface area contributed by atoms with Gasteiger partial charge >= 0.3 is 0 Å². The highest BCUT2D eigenvalue weighted by Gasteiger charge is 2.42. The first-order valence-electron chi connectivity index (χ1n) is 16.0. The van der Waals surface area contributed by atoms with Crippen LogP contribution in [-0.4, -0.2) is 13.4 Å². The van der Waals surface area contributed by atoms with E-state index in [0.717, 1.165) is 23.0 Å². The number of hydrogen-bond donors (Lipinski definition) is 0. The van der Waals surface area contributed by atoms with Gasteiger partial charge in [-0.3, -0.25) is 0 Å². The van der Waals surface area contributed by atoms with Crippen LogP contribution in [0.1, 0.15) is 76.0 Å². The van der Waals surface area contributed by atoms with E-state index in [0.29, 0.717) is 17.8 Å². The second-order valence-electron chi connectivity index (χ2n) is 13.4. The first kappa shape index (κ1) is 27.7. The largest absolute Gasteiger partial charge is 0.458 e. The molecule has 216 valence electrons. The minimum atomic E-state index is 0.0566. The molecule has 5 heteroatoms. The van der Waals surface area contributed by atoms with Crippen LogP contribution in [0.5, 0.6) is 23.0 Å². The highest BCUT2D eigenvalue weighted by Crippen LogP contribution is 2.38. The lowest BCUT2D eigenvalue weighted by Gasteiger charge is -2.36. The van der Waals surface area contributed by atoms with Gasteiger partial charge in [-0.05, 0) is 80.6 Å². The van der Waals surface area contributed by atoms with Gasteiger partial charge in [0.1, 0.15) is 23.0 Å².